The summed E-state index contributed by atoms with van der Waals surface area (Å²) in [7, 11) is 0. The number of hydrogen-bond donors (Lipinski definition) is 2. The van der Waals surface area contributed by atoms with Crippen LogP contribution in [0.5, 0.6) is 0 Å². The van der Waals surface area contributed by atoms with Crippen molar-refractivity contribution in [2.75, 3.05) is 13.2 Å². The molecule has 0 aromatic rings. The summed E-state index contributed by atoms with van der Waals surface area (Å²) in [6.07, 6.45) is 0.667. The van der Waals surface area contributed by atoms with Gasteiger partial charge in [0.15, 0.2) is 13.2 Å². The fraction of sp³-hybridized carbons (Fsp3) is 0.600. The minimum atomic E-state index is -1.24. The fourth-order valence-electron chi connectivity index (χ4n) is 0.967. The molecule has 0 fully saturated rings. The van der Waals surface area contributed by atoms with Crippen LogP contribution in [0.2, 0.25) is 0 Å². The van der Waals surface area contributed by atoms with Crippen LogP contribution >= 0.6 is 0 Å². The smallest absolute Gasteiger partial charge is 0.341 e. The number of rotatable bonds is 9. The standard InChI is InChI=1S/C10H14O8/c11-7(12)5-17-9(15)3-1-2-4-10(16)18-6-8(13)14/h1-6H2,(H,11,12)(H,13,14). The van der Waals surface area contributed by atoms with E-state index in [2.05, 4.69) is 9.47 Å². The fourth-order valence-corrected chi connectivity index (χ4v) is 0.967. The number of hydrogen-bond acceptors (Lipinski definition) is 6. The largest absolute Gasteiger partial charge is 0.479 e. The summed E-state index contributed by atoms with van der Waals surface area (Å²) in [5, 5.41) is 16.4. The quantitative estimate of drug-likeness (QED) is 0.432. The van der Waals surface area contributed by atoms with Crippen LogP contribution in [0.1, 0.15) is 25.7 Å². The van der Waals surface area contributed by atoms with Gasteiger partial charge in [-0.15, -0.1) is 0 Å². The maximum atomic E-state index is 10.9. The Morgan fingerprint density at radius 2 is 1.06 bits per heavy atom. The molecule has 0 bridgehead atoms. The number of carboxylic acids is 2. The van der Waals surface area contributed by atoms with E-state index >= 15 is 0 Å². The summed E-state index contributed by atoms with van der Waals surface area (Å²) < 4.78 is 8.71. The second-order valence-corrected chi connectivity index (χ2v) is 3.32. The number of carbonyl (C=O) groups is 4. The molecule has 0 heterocycles. The van der Waals surface area contributed by atoms with E-state index in [0.29, 0.717) is 12.8 Å². The minimum Gasteiger partial charge on any atom is -0.479 e. The normalized spacial score (nSPS) is 9.56. The highest BCUT2D eigenvalue weighted by molar-refractivity contribution is 5.76. The average molecular weight is 262 g/mol. The molecule has 18 heavy (non-hydrogen) atoms. The van der Waals surface area contributed by atoms with Gasteiger partial charge in [0.05, 0.1) is 0 Å². The third kappa shape index (κ3) is 10.4. The number of carboxylic acid groups (broad SMARTS) is 2. The van der Waals surface area contributed by atoms with Crippen molar-refractivity contribution in [2.45, 2.75) is 25.7 Å². The monoisotopic (exact) mass is 262 g/mol. The van der Waals surface area contributed by atoms with E-state index in [-0.39, 0.29) is 12.8 Å². The summed E-state index contributed by atoms with van der Waals surface area (Å²) in [4.78, 5) is 42.0. The van der Waals surface area contributed by atoms with Crippen LogP contribution in [0.15, 0.2) is 0 Å². The molecule has 2 N–H and O–H groups in total. The Bertz CT molecular complexity index is 290. The third-order valence-electron chi connectivity index (χ3n) is 1.73. The van der Waals surface area contributed by atoms with Crippen molar-refractivity contribution in [3.05, 3.63) is 0 Å². The number of aliphatic carboxylic acids is 2. The van der Waals surface area contributed by atoms with Crippen LogP contribution < -0.4 is 0 Å². The molecule has 0 aromatic heterocycles. The molecule has 0 aliphatic carbocycles. The highest BCUT2D eigenvalue weighted by atomic mass is 16.6. The number of ether oxygens (including phenoxy) is 2. The lowest BCUT2D eigenvalue weighted by atomic mass is 10.2. The molecule has 102 valence electrons. The topological polar surface area (TPSA) is 127 Å². The lowest BCUT2D eigenvalue weighted by molar-refractivity contribution is -0.155. The van der Waals surface area contributed by atoms with Crippen molar-refractivity contribution in [1.29, 1.82) is 0 Å². The molecule has 0 radical (unpaired) electrons. The zero-order chi connectivity index (χ0) is 14.0. The van der Waals surface area contributed by atoms with Crippen LogP contribution in [-0.2, 0) is 28.7 Å². The predicted octanol–water partition coefficient (Wildman–Crippen LogP) is -0.198. The van der Waals surface area contributed by atoms with Crippen molar-refractivity contribution in [3.63, 3.8) is 0 Å². The Labute approximate surface area is 102 Å². The average Bonchev–Trinajstić information content (AvgIpc) is 2.29. The highest BCUT2D eigenvalue weighted by Gasteiger charge is 2.08. The molecule has 8 nitrogen and oxygen atoms in total. The van der Waals surface area contributed by atoms with Gasteiger partial charge >= 0.3 is 23.9 Å². The summed E-state index contributed by atoms with van der Waals surface area (Å²) in [5.74, 6) is -3.78. The Kier molecular flexibility index (Phi) is 7.91. The predicted molar refractivity (Wildman–Crippen MR) is 55.7 cm³/mol. The summed E-state index contributed by atoms with van der Waals surface area (Å²) in [5.41, 5.74) is 0. The molecule has 8 heteroatoms. The zero-order valence-corrected chi connectivity index (χ0v) is 9.59. The Balaban J connectivity index is 3.49. The number of unbranched alkanes of at least 4 members (excludes halogenated alkanes) is 1. The Morgan fingerprint density at radius 3 is 1.33 bits per heavy atom. The molecule has 0 amide bonds. The van der Waals surface area contributed by atoms with Gasteiger partial charge in [-0.3, -0.25) is 9.59 Å². The molecule has 0 atom stereocenters. The van der Waals surface area contributed by atoms with E-state index in [1.807, 2.05) is 0 Å². The van der Waals surface area contributed by atoms with E-state index < -0.39 is 37.1 Å². The molecule has 0 aromatic carbocycles. The first-order valence-corrected chi connectivity index (χ1v) is 5.16. The lowest BCUT2D eigenvalue weighted by Crippen LogP contribution is -2.14. The first kappa shape index (κ1) is 15.9. The highest BCUT2D eigenvalue weighted by Crippen LogP contribution is 2.02. The molecule has 0 aliphatic heterocycles. The van der Waals surface area contributed by atoms with E-state index in [0.717, 1.165) is 0 Å². The molecule has 0 saturated heterocycles. The molecule has 0 unspecified atom stereocenters. The van der Waals surface area contributed by atoms with Crippen molar-refractivity contribution in [1.82, 2.24) is 0 Å². The van der Waals surface area contributed by atoms with Gasteiger partial charge in [-0.25, -0.2) is 9.59 Å². The van der Waals surface area contributed by atoms with Crippen LogP contribution in [-0.4, -0.2) is 47.3 Å². The van der Waals surface area contributed by atoms with Gasteiger partial charge < -0.3 is 19.7 Å². The summed E-state index contributed by atoms with van der Waals surface area (Å²) in [6.45, 7) is -1.36. The molecule has 0 rings (SSSR count). The van der Waals surface area contributed by atoms with E-state index in [1.54, 1.807) is 0 Å². The Morgan fingerprint density at radius 1 is 0.722 bits per heavy atom. The molecule has 0 saturated carbocycles. The van der Waals surface area contributed by atoms with Gasteiger partial charge in [0, 0.05) is 12.8 Å². The van der Waals surface area contributed by atoms with E-state index in [4.69, 9.17) is 10.2 Å². The van der Waals surface area contributed by atoms with E-state index in [1.165, 1.54) is 0 Å². The van der Waals surface area contributed by atoms with Gasteiger partial charge in [-0.2, -0.15) is 0 Å². The van der Waals surface area contributed by atoms with Gasteiger partial charge in [0.2, 0.25) is 0 Å². The lowest BCUT2D eigenvalue weighted by Gasteiger charge is -2.02. The third-order valence-corrected chi connectivity index (χ3v) is 1.73. The van der Waals surface area contributed by atoms with Gasteiger partial charge in [-0.05, 0) is 12.8 Å². The second kappa shape index (κ2) is 8.97. The minimum absolute atomic E-state index is 0.000505. The molecular formula is C10H14O8. The second-order valence-electron chi connectivity index (χ2n) is 3.32. The van der Waals surface area contributed by atoms with Crippen LogP contribution in [0.25, 0.3) is 0 Å². The van der Waals surface area contributed by atoms with Gasteiger partial charge in [0.1, 0.15) is 0 Å². The van der Waals surface area contributed by atoms with Crippen molar-refractivity contribution < 1.29 is 38.9 Å². The van der Waals surface area contributed by atoms with Crippen molar-refractivity contribution >= 4 is 23.9 Å². The number of esters is 2. The van der Waals surface area contributed by atoms with Crippen molar-refractivity contribution in [2.24, 2.45) is 0 Å². The summed E-state index contributed by atoms with van der Waals surface area (Å²) in [6, 6.07) is 0. The zero-order valence-electron chi connectivity index (χ0n) is 9.59. The van der Waals surface area contributed by atoms with Gasteiger partial charge in [-0.1, -0.05) is 0 Å². The molecule has 0 aliphatic rings. The van der Waals surface area contributed by atoms with Crippen molar-refractivity contribution in [3.8, 4) is 0 Å². The van der Waals surface area contributed by atoms with Crippen LogP contribution in [0, 0.1) is 0 Å². The first-order valence-electron chi connectivity index (χ1n) is 5.16. The summed E-state index contributed by atoms with van der Waals surface area (Å²) >= 11 is 0. The first-order chi connectivity index (χ1) is 8.41. The SMILES string of the molecule is O=C(O)COC(=O)CCCCC(=O)OCC(=O)O. The Hall–Kier alpha value is -2.12. The molecule has 0 spiro atoms. The van der Waals surface area contributed by atoms with E-state index in [9.17, 15) is 19.2 Å². The maximum absolute atomic E-state index is 10.9. The molecular weight excluding hydrogens is 248 g/mol. The van der Waals surface area contributed by atoms with Crippen LogP contribution in [0.3, 0.4) is 0 Å². The maximum Gasteiger partial charge on any atom is 0.341 e. The van der Waals surface area contributed by atoms with Crippen LogP contribution in [0.4, 0.5) is 0 Å². The number of carbonyl (C=O) groups excluding carboxylic acids is 2. The van der Waals surface area contributed by atoms with Gasteiger partial charge in [0.25, 0.3) is 0 Å².